The minimum Gasteiger partial charge on any atom is -0.263 e. The first-order chi connectivity index (χ1) is 10.8. The molecule has 0 aromatic heterocycles. The van der Waals surface area contributed by atoms with Crippen LogP contribution in [0.25, 0.3) is 0 Å². The molecule has 0 radical (unpaired) electrons. The average molecular weight is 343 g/mol. The number of benzene rings is 2. The maximum atomic E-state index is 13.5. The summed E-state index contributed by atoms with van der Waals surface area (Å²) >= 11 is 0. The second-order valence-corrected chi connectivity index (χ2v) is 6.94. The number of hydrogen-bond acceptors (Lipinski definition) is 2. The van der Waals surface area contributed by atoms with E-state index in [0.717, 1.165) is 22.0 Å². The van der Waals surface area contributed by atoms with Crippen molar-refractivity contribution in [3.05, 3.63) is 59.9 Å². The highest BCUT2D eigenvalue weighted by molar-refractivity contribution is 7.92. The molecule has 0 bridgehead atoms. The van der Waals surface area contributed by atoms with Gasteiger partial charge in [0.05, 0.1) is 17.1 Å². The molecule has 2 aromatic rings. The maximum absolute atomic E-state index is 13.5. The molecule has 0 amide bonds. The van der Waals surface area contributed by atoms with Crippen LogP contribution in [0.15, 0.2) is 53.4 Å². The predicted molar refractivity (Wildman–Crippen MR) is 83.0 cm³/mol. The highest BCUT2D eigenvalue weighted by atomic mass is 32.2. The van der Waals surface area contributed by atoms with E-state index < -0.39 is 35.2 Å². The smallest absolute Gasteiger partial charge is 0.263 e. The van der Waals surface area contributed by atoms with Gasteiger partial charge in [-0.3, -0.25) is 4.31 Å². The zero-order valence-corrected chi connectivity index (χ0v) is 13.2. The van der Waals surface area contributed by atoms with E-state index in [1.165, 1.54) is 24.3 Å². The number of hydrogen-bond donors (Lipinski definition) is 0. The first-order valence-corrected chi connectivity index (χ1v) is 8.33. The van der Waals surface area contributed by atoms with Crippen LogP contribution in [0.4, 0.5) is 18.9 Å². The van der Waals surface area contributed by atoms with Crippen molar-refractivity contribution in [3.63, 3.8) is 0 Å². The molecule has 7 heteroatoms. The highest BCUT2D eigenvalue weighted by Gasteiger charge is 2.27. The largest absolute Gasteiger partial charge is 0.264 e. The van der Waals surface area contributed by atoms with Gasteiger partial charge in [-0.05, 0) is 43.3 Å². The average Bonchev–Trinajstić information content (AvgIpc) is 2.53. The second kappa shape index (κ2) is 7.04. The Kier molecular flexibility index (Phi) is 5.30. The van der Waals surface area contributed by atoms with Crippen LogP contribution in [0.5, 0.6) is 0 Å². The molecule has 0 saturated heterocycles. The van der Waals surface area contributed by atoms with Crippen molar-refractivity contribution >= 4 is 15.7 Å². The van der Waals surface area contributed by atoms with Crippen molar-refractivity contribution in [2.75, 3.05) is 17.5 Å². The van der Waals surface area contributed by atoms with E-state index in [1.807, 2.05) is 0 Å². The summed E-state index contributed by atoms with van der Waals surface area (Å²) in [5, 5.41) is 0. The summed E-state index contributed by atoms with van der Waals surface area (Å²) in [6.07, 6.45) is -1.97. The Balaban J connectivity index is 2.47. The molecule has 124 valence electrons. The van der Waals surface area contributed by atoms with Gasteiger partial charge >= 0.3 is 0 Å². The van der Waals surface area contributed by atoms with E-state index in [4.69, 9.17) is 0 Å². The van der Waals surface area contributed by atoms with E-state index in [1.54, 1.807) is 19.1 Å². The van der Waals surface area contributed by atoms with Crippen LogP contribution in [0.3, 0.4) is 0 Å². The summed E-state index contributed by atoms with van der Waals surface area (Å²) in [5.74, 6) is -0.552. The minimum atomic E-state index is -4.08. The Bertz CT molecular complexity index is 746. The quantitative estimate of drug-likeness (QED) is 0.803. The number of anilines is 1. The number of alkyl halides is 2. The molecule has 0 saturated carbocycles. The topological polar surface area (TPSA) is 37.4 Å². The van der Waals surface area contributed by atoms with Crippen LogP contribution >= 0.6 is 0 Å². The van der Waals surface area contributed by atoms with Crippen molar-refractivity contribution in [3.8, 4) is 0 Å². The van der Waals surface area contributed by atoms with Gasteiger partial charge in [-0.15, -0.1) is 0 Å². The minimum absolute atomic E-state index is 0.0431. The molecule has 2 aromatic carbocycles. The van der Waals surface area contributed by atoms with E-state index in [-0.39, 0.29) is 10.6 Å². The fraction of sp³-hybridized carbons (Fsp3) is 0.250. The second-order valence-electron chi connectivity index (χ2n) is 5.08. The van der Waals surface area contributed by atoms with E-state index in [9.17, 15) is 21.6 Å². The molecule has 0 aliphatic rings. The molecule has 3 nitrogen and oxygen atoms in total. The molecule has 0 aliphatic heterocycles. The van der Waals surface area contributed by atoms with E-state index in [0.29, 0.717) is 0 Å². The van der Waals surface area contributed by atoms with Gasteiger partial charge in [0, 0.05) is 0 Å². The number of halogens is 3. The third-order valence-corrected chi connectivity index (χ3v) is 5.06. The monoisotopic (exact) mass is 343 g/mol. The summed E-state index contributed by atoms with van der Waals surface area (Å²) in [7, 11) is -4.08. The molecule has 2 rings (SSSR count). The van der Waals surface area contributed by atoms with Gasteiger partial charge < -0.3 is 0 Å². The Morgan fingerprint density at radius 2 is 1.61 bits per heavy atom. The molecule has 23 heavy (non-hydrogen) atoms. The molecule has 0 aliphatic carbocycles. The van der Waals surface area contributed by atoms with Crippen molar-refractivity contribution in [1.82, 2.24) is 0 Å². The van der Waals surface area contributed by atoms with Crippen LogP contribution in [0.2, 0.25) is 0 Å². The Morgan fingerprint density at radius 1 is 1.04 bits per heavy atom. The number of nitrogens with zero attached hydrogens (tertiary/aromatic N) is 1. The van der Waals surface area contributed by atoms with Crippen LogP contribution in [0, 0.1) is 12.7 Å². The fourth-order valence-electron chi connectivity index (χ4n) is 2.02. The number of aryl methyl sites for hydroxylation is 1. The standard InChI is InChI=1S/C16H16F3NO2S/c1-12-2-8-16(9-3-12)23(21,22)20(11-14(19)10-17)15-6-4-13(18)5-7-15/h2-9,14H,10-11H2,1H3. The summed E-state index contributed by atoms with van der Waals surface area (Å²) < 4.78 is 65.3. The molecular formula is C16H16F3NO2S. The van der Waals surface area contributed by atoms with E-state index >= 15 is 0 Å². The Morgan fingerprint density at radius 3 is 2.13 bits per heavy atom. The normalized spacial score (nSPS) is 12.9. The van der Waals surface area contributed by atoms with Gasteiger partial charge in [0.25, 0.3) is 10.0 Å². The fourth-order valence-corrected chi connectivity index (χ4v) is 3.51. The van der Waals surface area contributed by atoms with Crippen molar-refractivity contribution in [2.45, 2.75) is 18.0 Å². The molecule has 1 atom stereocenters. The Hall–Kier alpha value is -2.02. The lowest BCUT2D eigenvalue weighted by Gasteiger charge is -2.25. The van der Waals surface area contributed by atoms with Crippen LogP contribution in [0.1, 0.15) is 5.56 Å². The zero-order valence-electron chi connectivity index (χ0n) is 12.4. The lowest BCUT2D eigenvalue weighted by molar-refractivity contribution is 0.268. The van der Waals surface area contributed by atoms with Crippen molar-refractivity contribution < 1.29 is 21.6 Å². The molecule has 0 fully saturated rings. The van der Waals surface area contributed by atoms with Crippen LogP contribution in [-0.4, -0.2) is 27.8 Å². The maximum Gasteiger partial charge on any atom is 0.264 e. The van der Waals surface area contributed by atoms with Crippen molar-refractivity contribution in [1.29, 1.82) is 0 Å². The van der Waals surface area contributed by atoms with Gasteiger partial charge in [-0.25, -0.2) is 21.6 Å². The van der Waals surface area contributed by atoms with Gasteiger partial charge in [0.15, 0.2) is 0 Å². The lowest BCUT2D eigenvalue weighted by atomic mass is 10.2. The first-order valence-electron chi connectivity index (χ1n) is 6.89. The van der Waals surface area contributed by atoms with Crippen LogP contribution < -0.4 is 4.31 Å². The third-order valence-electron chi connectivity index (χ3n) is 3.25. The summed E-state index contributed by atoms with van der Waals surface area (Å²) in [5.41, 5.74) is 0.937. The van der Waals surface area contributed by atoms with Crippen molar-refractivity contribution in [2.24, 2.45) is 0 Å². The number of rotatable bonds is 6. The first kappa shape index (κ1) is 17.3. The molecular weight excluding hydrogens is 327 g/mol. The number of sulfonamides is 1. The lowest BCUT2D eigenvalue weighted by Crippen LogP contribution is -2.37. The molecule has 0 spiro atoms. The summed E-state index contributed by atoms with van der Waals surface area (Å²) in [6, 6.07) is 10.6. The van der Waals surface area contributed by atoms with Gasteiger partial charge in [-0.2, -0.15) is 0 Å². The zero-order chi connectivity index (χ0) is 17.0. The van der Waals surface area contributed by atoms with Crippen LogP contribution in [-0.2, 0) is 10.0 Å². The van der Waals surface area contributed by atoms with E-state index in [2.05, 4.69) is 0 Å². The Labute approximate surface area is 133 Å². The predicted octanol–water partition coefficient (Wildman–Crippen LogP) is 3.64. The van der Waals surface area contributed by atoms with Gasteiger partial charge in [0.2, 0.25) is 0 Å². The van der Waals surface area contributed by atoms with Gasteiger partial charge in [-0.1, -0.05) is 17.7 Å². The summed E-state index contributed by atoms with van der Waals surface area (Å²) in [4.78, 5) is -0.0431. The molecule has 1 unspecified atom stereocenters. The van der Waals surface area contributed by atoms with Gasteiger partial charge in [0.1, 0.15) is 18.7 Å². The SMILES string of the molecule is Cc1ccc(S(=O)(=O)N(CC(F)CF)c2ccc(F)cc2)cc1. The molecule has 0 heterocycles. The molecule has 0 N–H and O–H groups in total. The summed E-state index contributed by atoms with van der Waals surface area (Å²) in [6.45, 7) is -0.186. The highest BCUT2D eigenvalue weighted by Crippen LogP contribution is 2.25. The third kappa shape index (κ3) is 4.04.